The Balaban J connectivity index is 1.39. The lowest BCUT2D eigenvalue weighted by atomic mass is 10.2. The highest BCUT2D eigenvalue weighted by Gasteiger charge is 2.12. The fourth-order valence-electron chi connectivity index (χ4n) is 2.67. The van der Waals surface area contributed by atoms with Gasteiger partial charge in [0.25, 0.3) is 0 Å². The lowest BCUT2D eigenvalue weighted by molar-refractivity contribution is 0.454. The molecule has 10 heteroatoms. The van der Waals surface area contributed by atoms with Crippen molar-refractivity contribution in [2.45, 2.75) is 5.75 Å². The first kappa shape index (κ1) is 19.9. The van der Waals surface area contributed by atoms with E-state index in [9.17, 15) is 8.42 Å². The molecule has 0 bridgehead atoms. The number of benzene rings is 2. The van der Waals surface area contributed by atoms with Crippen molar-refractivity contribution in [1.29, 1.82) is 0 Å². The Morgan fingerprint density at radius 1 is 1.00 bits per heavy atom. The van der Waals surface area contributed by atoms with Crippen LogP contribution in [0.1, 0.15) is 5.56 Å². The van der Waals surface area contributed by atoms with Crippen LogP contribution in [0.25, 0.3) is 5.82 Å². The third-order valence-corrected chi connectivity index (χ3v) is 5.46. The predicted molar refractivity (Wildman–Crippen MR) is 113 cm³/mol. The van der Waals surface area contributed by atoms with Crippen LogP contribution in [-0.4, -0.2) is 28.4 Å². The monoisotopic (exact) mass is 441 g/mol. The molecule has 0 aliphatic carbocycles. The topological polar surface area (TPSA) is 99.0 Å². The molecule has 0 aliphatic heterocycles. The SMILES string of the molecule is O=S(=O)(Cc1cccc(Cl)c1)Nc1ccc(Oc2ccc(-n3cccn3)nn2)cc1. The fourth-order valence-corrected chi connectivity index (χ4v) is 4.07. The van der Waals surface area contributed by atoms with Gasteiger partial charge in [-0.05, 0) is 54.1 Å². The minimum Gasteiger partial charge on any atom is -0.438 e. The lowest BCUT2D eigenvalue weighted by Gasteiger charge is -2.10. The first-order valence-electron chi connectivity index (χ1n) is 8.83. The minimum absolute atomic E-state index is 0.177. The van der Waals surface area contributed by atoms with Crippen LogP contribution in [0, 0.1) is 0 Å². The molecular formula is C20H16ClN5O3S. The summed E-state index contributed by atoms with van der Waals surface area (Å²) in [6, 6.07) is 18.4. The Morgan fingerprint density at radius 3 is 2.50 bits per heavy atom. The van der Waals surface area contributed by atoms with Crippen molar-refractivity contribution in [2.75, 3.05) is 4.72 Å². The summed E-state index contributed by atoms with van der Waals surface area (Å²) in [4.78, 5) is 0. The maximum absolute atomic E-state index is 12.4. The van der Waals surface area contributed by atoms with Crippen LogP contribution >= 0.6 is 11.6 Å². The van der Waals surface area contributed by atoms with E-state index in [0.717, 1.165) is 0 Å². The van der Waals surface area contributed by atoms with Gasteiger partial charge in [0.05, 0.1) is 5.75 Å². The van der Waals surface area contributed by atoms with Gasteiger partial charge in [0.15, 0.2) is 5.82 Å². The second-order valence-electron chi connectivity index (χ2n) is 6.30. The third-order valence-electron chi connectivity index (χ3n) is 3.96. The van der Waals surface area contributed by atoms with Gasteiger partial charge in [0, 0.05) is 29.2 Å². The molecule has 4 aromatic rings. The van der Waals surface area contributed by atoms with Crippen LogP contribution in [-0.2, 0) is 15.8 Å². The van der Waals surface area contributed by atoms with E-state index >= 15 is 0 Å². The highest BCUT2D eigenvalue weighted by molar-refractivity contribution is 7.91. The number of sulfonamides is 1. The van der Waals surface area contributed by atoms with Crippen LogP contribution in [0.15, 0.2) is 79.1 Å². The summed E-state index contributed by atoms with van der Waals surface area (Å²) in [5.74, 6) is 1.19. The minimum atomic E-state index is -3.58. The van der Waals surface area contributed by atoms with Gasteiger partial charge < -0.3 is 4.74 Å². The first-order valence-corrected chi connectivity index (χ1v) is 10.9. The smallest absolute Gasteiger partial charge is 0.238 e. The standard InChI is InChI=1S/C20H16ClN5O3S/c21-16-4-1-3-15(13-16)14-30(27,28)25-17-5-7-18(8-6-17)29-20-10-9-19(23-24-20)26-12-2-11-22-26/h1-13,25H,14H2. The van der Waals surface area contributed by atoms with Crippen molar-refractivity contribution in [2.24, 2.45) is 0 Å². The van der Waals surface area contributed by atoms with E-state index < -0.39 is 10.0 Å². The van der Waals surface area contributed by atoms with E-state index in [1.54, 1.807) is 83.8 Å². The molecule has 8 nitrogen and oxygen atoms in total. The van der Waals surface area contributed by atoms with Crippen molar-refractivity contribution in [3.8, 4) is 17.4 Å². The Kier molecular flexibility index (Phi) is 5.64. The molecule has 152 valence electrons. The zero-order valence-electron chi connectivity index (χ0n) is 15.5. The molecule has 0 aliphatic rings. The first-order chi connectivity index (χ1) is 14.5. The van der Waals surface area contributed by atoms with E-state index in [1.807, 2.05) is 0 Å². The van der Waals surface area contributed by atoms with Crippen molar-refractivity contribution < 1.29 is 13.2 Å². The van der Waals surface area contributed by atoms with Crippen LogP contribution in [0.4, 0.5) is 5.69 Å². The molecule has 0 saturated carbocycles. The third kappa shape index (κ3) is 5.13. The van der Waals surface area contributed by atoms with E-state index in [-0.39, 0.29) is 5.75 Å². The van der Waals surface area contributed by atoms with E-state index in [2.05, 4.69) is 20.0 Å². The van der Waals surface area contributed by atoms with Crippen LogP contribution < -0.4 is 9.46 Å². The molecule has 0 radical (unpaired) electrons. The highest BCUT2D eigenvalue weighted by atomic mass is 35.5. The lowest BCUT2D eigenvalue weighted by Crippen LogP contribution is -2.15. The second-order valence-corrected chi connectivity index (χ2v) is 8.46. The number of aromatic nitrogens is 4. The summed E-state index contributed by atoms with van der Waals surface area (Å²) in [6.45, 7) is 0. The largest absolute Gasteiger partial charge is 0.438 e. The molecule has 0 amide bonds. The molecule has 2 aromatic heterocycles. The molecule has 2 heterocycles. The maximum atomic E-state index is 12.4. The predicted octanol–water partition coefficient (Wildman–Crippen LogP) is 4.05. The number of halogens is 1. The fraction of sp³-hybridized carbons (Fsp3) is 0.0500. The molecular weight excluding hydrogens is 426 g/mol. The zero-order chi connectivity index (χ0) is 21.0. The number of anilines is 1. The summed E-state index contributed by atoms with van der Waals surface area (Å²) in [6.07, 6.45) is 3.41. The number of ether oxygens (including phenoxy) is 1. The van der Waals surface area contributed by atoms with Gasteiger partial charge in [0.1, 0.15) is 5.75 Å². The highest BCUT2D eigenvalue weighted by Crippen LogP contribution is 2.22. The van der Waals surface area contributed by atoms with Crippen molar-refractivity contribution in [1.82, 2.24) is 20.0 Å². The average Bonchev–Trinajstić information content (AvgIpc) is 3.24. The van der Waals surface area contributed by atoms with Gasteiger partial charge in [-0.2, -0.15) is 5.10 Å². The number of nitrogens with zero attached hydrogens (tertiary/aromatic N) is 4. The molecule has 1 N–H and O–H groups in total. The van der Waals surface area contributed by atoms with E-state index in [1.165, 1.54) is 0 Å². The van der Waals surface area contributed by atoms with E-state index in [4.69, 9.17) is 16.3 Å². The van der Waals surface area contributed by atoms with Gasteiger partial charge >= 0.3 is 0 Å². The summed E-state index contributed by atoms with van der Waals surface area (Å²) in [7, 11) is -3.58. The molecule has 4 rings (SSSR count). The molecule has 0 atom stereocenters. The quantitative estimate of drug-likeness (QED) is 0.464. The molecule has 2 aromatic carbocycles. The van der Waals surface area contributed by atoms with Crippen LogP contribution in [0.3, 0.4) is 0 Å². The number of nitrogens with one attached hydrogen (secondary N) is 1. The van der Waals surface area contributed by atoms with E-state index in [0.29, 0.717) is 33.7 Å². The summed E-state index contributed by atoms with van der Waals surface area (Å²) >= 11 is 5.91. The summed E-state index contributed by atoms with van der Waals surface area (Å²) in [5, 5.41) is 12.6. The zero-order valence-corrected chi connectivity index (χ0v) is 17.1. The van der Waals surface area contributed by atoms with Crippen LogP contribution in [0.5, 0.6) is 11.6 Å². The van der Waals surface area contributed by atoms with Gasteiger partial charge in [0.2, 0.25) is 15.9 Å². The van der Waals surface area contributed by atoms with Gasteiger partial charge in [-0.3, -0.25) is 4.72 Å². The second kappa shape index (κ2) is 8.52. The Hall–Kier alpha value is -3.43. The van der Waals surface area contributed by atoms with Gasteiger partial charge in [-0.25, -0.2) is 13.1 Å². The number of hydrogen-bond donors (Lipinski definition) is 1. The molecule has 0 spiro atoms. The molecule has 0 saturated heterocycles. The average molecular weight is 442 g/mol. The Labute approximate surface area is 178 Å². The molecule has 30 heavy (non-hydrogen) atoms. The Bertz CT molecular complexity index is 1230. The van der Waals surface area contributed by atoms with Crippen molar-refractivity contribution in [3.05, 3.63) is 89.7 Å². The van der Waals surface area contributed by atoms with Gasteiger partial charge in [-0.15, -0.1) is 10.2 Å². The summed E-state index contributed by atoms with van der Waals surface area (Å²) < 4.78 is 34.5. The van der Waals surface area contributed by atoms with Gasteiger partial charge in [-0.1, -0.05) is 23.7 Å². The normalized spacial score (nSPS) is 11.2. The van der Waals surface area contributed by atoms with Crippen LogP contribution in [0.2, 0.25) is 5.02 Å². The van der Waals surface area contributed by atoms with Crippen molar-refractivity contribution in [3.63, 3.8) is 0 Å². The Morgan fingerprint density at radius 2 is 1.83 bits per heavy atom. The van der Waals surface area contributed by atoms with Crippen molar-refractivity contribution >= 4 is 27.3 Å². The molecule has 0 unspecified atom stereocenters. The summed E-state index contributed by atoms with van der Waals surface area (Å²) in [5.41, 5.74) is 1.02. The number of rotatable bonds is 7. The molecule has 0 fully saturated rings. The number of hydrogen-bond acceptors (Lipinski definition) is 6. The maximum Gasteiger partial charge on any atom is 0.238 e.